The summed E-state index contributed by atoms with van der Waals surface area (Å²) in [5, 5.41) is 0. The summed E-state index contributed by atoms with van der Waals surface area (Å²) in [4.78, 5) is 0. The van der Waals surface area contributed by atoms with Gasteiger partial charge in [-0.3, -0.25) is 0 Å². The van der Waals surface area contributed by atoms with E-state index in [2.05, 4.69) is 36.9 Å². The molecule has 1 aliphatic heterocycles. The Morgan fingerprint density at radius 1 is 1.04 bits per heavy atom. The molecule has 5 heteroatoms. The van der Waals surface area contributed by atoms with Gasteiger partial charge in [0.2, 0.25) is 0 Å². The molecule has 0 spiro atoms. The summed E-state index contributed by atoms with van der Waals surface area (Å²) in [6.45, 7) is 6.52. The van der Waals surface area contributed by atoms with Gasteiger partial charge in [0, 0.05) is 30.0 Å². The van der Waals surface area contributed by atoms with Crippen LogP contribution in [0.15, 0.2) is 42.7 Å². The maximum Gasteiger partial charge on any atom is 0.195 e. The van der Waals surface area contributed by atoms with Crippen LogP contribution in [0.1, 0.15) is 29.5 Å². The zero-order valence-electron chi connectivity index (χ0n) is 15.1. The number of nitrogens with zero attached hydrogens (tertiary/aromatic N) is 1. The fraction of sp³-hybridized carbons (Fsp3) is 0.450. The Morgan fingerprint density at radius 3 is 2.32 bits per heavy atom. The van der Waals surface area contributed by atoms with Crippen molar-refractivity contribution in [2.75, 3.05) is 20.3 Å². The van der Waals surface area contributed by atoms with Gasteiger partial charge in [0.1, 0.15) is 12.3 Å². The molecule has 0 amide bonds. The van der Waals surface area contributed by atoms with Crippen molar-refractivity contribution in [3.63, 3.8) is 0 Å². The van der Waals surface area contributed by atoms with Crippen LogP contribution in [0.5, 0.6) is 5.75 Å². The van der Waals surface area contributed by atoms with E-state index in [9.17, 15) is 0 Å². The van der Waals surface area contributed by atoms with Crippen molar-refractivity contribution in [1.82, 2.24) is 0 Å². The molecule has 1 saturated heterocycles. The third-order valence-electron chi connectivity index (χ3n) is 4.70. The molecule has 0 atom stereocenters. The van der Waals surface area contributed by atoms with Crippen molar-refractivity contribution in [2.24, 2.45) is 0 Å². The van der Waals surface area contributed by atoms with Crippen molar-refractivity contribution in [3.05, 3.63) is 59.4 Å². The fourth-order valence-electron chi connectivity index (χ4n) is 3.12. The van der Waals surface area contributed by atoms with Crippen LogP contribution in [0.2, 0.25) is 0 Å². The van der Waals surface area contributed by atoms with E-state index in [1.54, 1.807) is 7.11 Å². The summed E-state index contributed by atoms with van der Waals surface area (Å²) in [6.07, 6.45) is 6.16. The molecule has 136 valence electrons. The summed E-state index contributed by atoms with van der Waals surface area (Å²) in [7, 11) is 1.67. The predicted molar refractivity (Wildman–Crippen MR) is 91.9 cm³/mol. The Balaban J connectivity index is 0.00000225. The number of aromatic nitrogens is 1. The molecule has 0 bridgehead atoms. The van der Waals surface area contributed by atoms with Gasteiger partial charge in [0.25, 0.3) is 0 Å². The number of halogens is 1. The standard InChI is InChI=1S/C20H26NO3.ClH/c1-16-9-12-21(15-17(16)2)11-4-10-20(23-13-14-24-20)18-5-7-19(22-3)8-6-18;/h5-9,12,15H,4,10-11,13-14H2,1-3H3;1H/q+1;/p-1. The molecular formula is C20H26ClNO3. The molecule has 0 unspecified atom stereocenters. The van der Waals surface area contributed by atoms with E-state index >= 15 is 0 Å². The number of aryl methyl sites for hydroxylation is 3. The largest absolute Gasteiger partial charge is 1.00 e. The predicted octanol–water partition coefficient (Wildman–Crippen LogP) is 0.284. The van der Waals surface area contributed by atoms with E-state index in [1.807, 2.05) is 24.3 Å². The molecule has 0 radical (unpaired) electrons. The van der Waals surface area contributed by atoms with Crippen LogP contribution < -0.4 is 21.7 Å². The van der Waals surface area contributed by atoms with Gasteiger partial charge in [-0.25, -0.2) is 4.57 Å². The molecular weight excluding hydrogens is 338 g/mol. The van der Waals surface area contributed by atoms with Crippen molar-refractivity contribution in [2.45, 2.75) is 39.0 Å². The third kappa shape index (κ3) is 4.51. The maximum atomic E-state index is 6.01. The van der Waals surface area contributed by atoms with Crippen molar-refractivity contribution in [1.29, 1.82) is 0 Å². The number of methoxy groups -OCH3 is 1. The van der Waals surface area contributed by atoms with E-state index in [-0.39, 0.29) is 12.4 Å². The Labute approximate surface area is 156 Å². The summed E-state index contributed by atoms with van der Waals surface area (Å²) in [6, 6.07) is 10.2. The van der Waals surface area contributed by atoms with Crippen LogP contribution in [0.25, 0.3) is 0 Å². The van der Waals surface area contributed by atoms with Crippen molar-refractivity contribution >= 4 is 0 Å². The smallest absolute Gasteiger partial charge is 0.195 e. The van der Waals surface area contributed by atoms with Gasteiger partial charge in [0.05, 0.1) is 20.3 Å². The lowest BCUT2D eigenvalue weighted by atomic mass is 10.00. The number of benzene rings is 1. The van der Waals surface area contributed by atoms with E-state index in [0.29, 0.717) is 13.2 Å². The average Bonchev–Trinajstić information content (AvgIpc) is 3.08. The Kier molecular flexibility index (Phi) is 6.82. The quantitative estimate of drug-likeness (QED) is 0.691. The molecule has 0 N–H and O–H groups in total. The van der Waals surface area contributed by atoms with Crippen LogP contribution in [-0.4, -0.2) is 20.3 Å². The highest BCUT2D eigenvalue weighted by Crippen LogP contribution is 2.36. The van der Waals surface area contributed by atoms with Crippen molar-refractivity contribution < 1.29 is 31.2 Å². The van der Waals surface area contributed by atoms with Crippen LogP contribution >= 0.6 is 0 Å². The number of rotatable bonds is 6. The highest BCUT2D eigenvalue weighted by Gasteiger charge is 2.38. The Morgan fingerprint density at radius 2 is 1.72 bits per heavy atom. The van der Waals surface area contributed by atoms with E-state index < -0.39 is 5.79 Å². The Bertz CT molecular complexity index is 682. The van der Waals surface area contributed by atoms with Gasteiger partial charge in [-0.2, -0.15) is 0 Å². The summed E-state index contributed by atoms with van der Waals surface area (Å²) in [5.74, 6) is 0.227. The lowest BCUT2D eigenvalue weighted by molar-refractivity contribution is -0.698. The third-order valence-corrected chi connectivity index (χ3v) is 4.70. The first-order valence-electron chi connectivity index (χ1n) is 8.52. The maximum absolute atomic E-state index is 6.01. The van der Waals surface area contributed by atoms with E-state index in [0.717, 1.165) is 30.7 Å². The molecule has 0 saturated carbocycles. The Hall–Kier alpha value is -1.62. The van der Waals surface area contributed by atoms with Gasteiger partial charge in [0.15, 0.2) is 18.2 Å². The van der Waals surface area contributed by atoms with Gasteiger partial charge < -0.3 is 26.6 Å². The molecule has 1 fully saturated rings. The summed E-state index contributed by atoms with van der Waals surface area (Å²) >= 11 is 0. The van der Waals surface area contributed by atoms with Gasteiger partial charge in [-0.05, 0) is 43.7 Å². The molecule has 3 rings (SSSR count). The zero-order valence-corrected chi connectivity index (χ0v) is 15.9. The zero-order chi connectivity index (χ0) is 17.0. The second-order valence-corrected chi connectivity index (χ2v) is 6.33. The highest BCUT2D eigenvalue weighted by atomic mass is 35.5. The molecule has 0 aliphatic carbocycles. The van der Waals surface area contributed by atoms with E-state index in [4.69, 9.17) is 14.2 Å². The van der Waals surface area contributed by atoms with Gasteiger partial charge in [-0.15, -0.1) is 0 Å². The summed E-state index contributed by atoms with van der Waals surface area (Å²) < 4.78 is 19.5. The lowest BCUT2D eigenvalue weighted by Gasteiger charge is -2.27. The normalized spacial score (nSPS) is 15.6. The van der Waals surface area contributed by atoms with Crippen LogP contribution in [0.3, 0.4) is 0 Å². The number of ether oxygens (including phenoxy) is 3. The molecule has 4 nitrogen and oxygen atoms in total. The topological polar surface area (TPSA) is 31.6 Å². The second-order valence-electron chi connectivity index (χ2n) is 6.33. The first-order valence-corrected chi connectivity index (χ1v) is 8.52. The first-order chi connectivity index (χ1) is 11.6. The fourth-order valence-corrected chi connectivity index (χ4v) is 3.12. The molecule has 1 aromatic carbocycles. The number of hydrogen-bond acceptors (Lipinski definition) is 3. The van der Waals surface area contributed by atoms with E-state index in [1.165, 1.54) is 11.1 Å². The monoisotopic (exact) mass is 363 g/mol. The molecule has 2 aromatic rings. The molecule has 25 heavy (non-hydrogen) atoms. The van der Waals surface area contributed by atoms with Gasteiger partial charge in [-0.1, -0.05) is 0 Å². The average molecular weight is 364 g/mol. The first kappa shape index (κ1) is 19.7. The van der Waals surface area contributed by atoms with Crippen LogP contribution in [0.4, 0.5) is 0 Å². The van der Waals surface area contributed by atoms with Crippen LogP contribution in [-0.2, 0) is 21.8 Å². The lowest BCUT2D eigenvalue weighted by Crippen LogP contribution is -3.00. The van der Waals surface area contributed by atoms with Crippen LogP contribution in [0, 0.1) is 13.8 Å². The second kappa shape index (κ2) is 8.65. The van der Waals surface area contributed by atoms with Gasteiger partial charge >= 0.3 is 0 Å². The number of pyridine rings is 1. The SMILES string of the molecule is COc1ccc(C2(CCC[n+]3ccc(C)c(C)c3)OCCO2)cc1.[Cl-]. The number of hydrogen-bond donors (Lipinski definition) is 0. The molecule has 2 heterocycles. The minimum atomic E-state index is -0.618. The summed E-state index contributed by atoms with van der Waals surface area (Å²) in [5.41, 5.74) is 3.70. The highest BCUT2D eigenvalue weighted by molar-refractivity contribution is 5.30. The molecule has 1 aliphatic rings. The van der Waals surface area contributed by atoms with Crippen molar-refractivity contribution in [3.8, 4) is 5.75 Å². The minimum Gasteiger partial charge on any atom is -1.00 e. The molecule has 1 aromatic heterocycles. The minimum absolute atomic E-state index is 0.